The Morgan fingerprint density at radius 2 is 1.71 bits per heavy atom. The van der Waals surface area contributed by atoms with Crippen LogP contribution in [0.15, 0.2) is 48.7 Å². The number of nitrogens with one attached hydrogen (secondary N) is 4. The van der Waals surface area contributed by atoms with E-state index in [0.717, 1.165) is 82.1 Å². The summed E-state index contributed by atoms with van der Waals surface area (Å²) in [6.45, 7) is 6.48. The molecule has 1 unspecified atom stereocenters. The summed E-state index contributed by atoms with van der Waals surface area (Å²) in [5.41, 5.74) is 7.05. The fraction of sp³-hybridized carbons (Fsp3) is 0.462. The van der Waals surface area contributed by atoms with E-state index in [2.05, 4.69) is 64.0 Å². The van der Waals surface area contributed by atoms with Crippen LogP contribution in [0.3, 0.4) is 0 Å². The molecule has 2 aromatic carbocycles. The summed E-state index contributed by atoms with van der Waals surface area (Å²) in [7, 11) is 1.83. The van der Waals surface area contributed by atoms with Gasteiger partial charge in [-0.25, -0.2) is 13.9 Å². The number of aromatic nitrogens is 3. The first kappa shape index (κ1) is 35.5. The van der Waals surface area contributed by atoms with Crippen LogP contribution in [0.1, 0.15) is 48.2 Å². The number of hydrogen-bond donors (Lipinski definition) is 4. The number of hydrogen-bond acceptors (Lipinski definition) is 11. The maximum absolute atomic E-state index is 13.5. The first-order valence-corrected chi connectivity index (χ1v) is 19.7. The van der Waals surface area contributed by atoms with Crippen LogP contribution in [0.4, 0.5) is 38.6 Å². The Bertz CT molecular complexity index is 2150. The number of anilines is 6. The van der Waals surface area contributed by atoms with Gasteiger partial charge in [-0.05, 0) is 56.0 Å². The van der Waals surface area contributed by atoms with Crippen LogP contribution in [0, 0.1) is 0 Å². The summed E-state index contributed by atoms with van der Waals surface area (Å²) in [5.74, 6) is -0.215. The van der Waals surface area contributed by atoms with E-state index in [4.69, 9.17) is 16.7 Å². The summed E-state index contributed by atoms with van der Waals surface area (Å²) < 4.78 is 15.1. The lowest BCUT2D eigenvalue weighted by atomic mass is 10.00. The van der Waals surface area contributed by atoms with Crippen molar-refractivity contribution in [2.75, 3.05) is 78.2 Å². The average molecular weight is 770 g/mol. The van der Waals surface area contributed by atoms with Crippen LogP contribution in [0.5, 0.6) is 0 Å². The quantitative estimate of drug-likeness (QED) is 0.184. The molecule has 3 atom stereocenters. The van der Waals surface area contributed by atoms with Crippen LogP contribution in [0.25, 0.3) is 5.65 Å². The number of carbonyl (C=O) groups excluding carboxylic acids is 3. The molecule has 1 aliphatic carbocycles. The second-order valence-electron chi connectivity index (χ2n) is 15.1. The van der Waals surface area contributed by atoms with Crippen molar-refractivity contribution in [3.63, 3.8) is 0 Å². The SMILES string of the molecule is CNc1cc(N2CCc3c(N4CCC(N5CCN(c6ccc(Cl)c(NC7CCC(=O)NC7=O)c6)CC5)CC4)cccc32)nn2c(C(=O)N[C@@H]3C[C@@H]3F)cnc12. The van der Waals surface area contributed by atoms with Gasteiger partial charge in [-0.15, -0.1) is 5.10 Å². The van der Waals surface area contributed by atoms with E-state index < -0.39 is 18.3 Å². The van der Waals surface area contributed by atoms with Gasteiger partial charge in [-0.1, -0.05) is 17.7 Å². The molecule has 3 amide bonds. The van der Waals surface area contributed by atoms with E-state index in [1.807, 2.05) is 31.3 Å². The molecule has 55 heavy (non-hydrogen) atoms. The molecule has 3 saturated heterocycles. The van der Waals surface area contributed by atoms with Gasteiger partial charge in [0.1, 0.15) is 12.2 Å². The lowest BCUT2D eigenvalue weighted by Crippen LogP contribution is -2.53. The number of imidazole rings is 1. The third-order valence-corrected chi connectivity index (χ3v) is 12.1. The number of alkyl halides is 1. The van der Waals surface area contributed by atoms with E-state index in [9.17, 15) is 18.8 Å². The lowest BCUT2D eigenvalue weighted by molar-refractivity contribution is -0.133. The Balaban J connectivity index is 0.834. The monoisotopic (exact) mass is 769 g/mol. The largest absolute Gasteiger partial charge is 0.385 e. The molecule has 288 valence electrons. The molecule has 9 rings (SSSR count). The highest BCUT2D eigenvalue weighted by molar-refractivity contribution is 6.33. The minimum atomic E-state index is -0.994. The van der Waals surface area contributed by atoms with Crippen molar-refractivity contribution in [3.8, 4) is 0 Å². The molecule has 5 aliphatic rings. The molecule has 6 heterocycles. The van der Waals surface area contributed by atoms with Gasteiger partial charge in [0.15, 0.2) is 17.2 Å². The van der Waals surface area contributed by atoms with Gasteiger partial charge in [0.2, 0.25) is 11.8 Å². The van der Waals surface area contributed by atoms with Gasteiger partial charge in [-0.2, -0.15) is 0 Å². The minimum Gasteiger partial charge on any atom is -0.385 e. The maximum atomic E-state index is 13.5. The normalized spacial score (nSPS) is 23.2. The number of rotatable bonds is 9. The molecular weight excluding hydrogens is 725 g/mol. The van der Waals surface area contributed by atoms with Crippen molar-refractivity contribution < 1.29 is 18.8 Å². The molecule has 16 heteroatoms. The van der Waals surface area contributed by atoms with Crippen molar-refractivity contribution in [2.45, 2.75) is 62.8 Å². The van der Waals surface area contributed by atoms with E-state index in [1.54, 1.807) is 4.52 Å². The summed E-state index contributed by atoms with van der Waals surface area (Å²) >= 11 is 6.51. The molecule has 14 nitrogen and oxygen atoms in total. The first-order valence-electron chi connectivity index (χ1n) is 19.3. The summed E-state index contributed by atoms with van der Waals surface area (Å²) in [5, 5.41) is 17.1. The number of piperidine rings is 2. The number of imide groups is 1. The molecule has 1 saturated carbocycles. The molecule has 4 aliphatic heterocycles. The van der Waals surface area contributed by atoms with Gasteiger partial charge in [0, 0.05) is 100 Å². The van der Waals surface area contributed by atoms with Crippen LogP contribution >= 0.6 is 11.6 Å². The van der Waals surface area contributed by atoms with E-state index in [1.165, 1.54) is 17.4 Å². The number of piperazine rings is 1. The zero-order valence-electron chi connectivity index (χ0n) is 30.7. The highest BCUT2D eigenvalue weighted by Crippen LogP contribution is 2.41. The Morgan fingerprint density at radius 1 is 0.927 bits per heavy atom. The first-order chi connectivity index (χ1) is 26.7. The minimum absolute atomic E-state index is 0.238. The summed E-state index contributed by atoms with van der Waals surface area (Å²) in [6, 6.07) is 14.0. The number of amides is 3. The van der Waals surface area contributed by atoms with Crippen LogP contribution in [0.2, 0.25) is 5.02 Å². The predicted octanol–water partition coefficient (Wildman–Crippen LogP) is 3.97. The second kappa shape index (κ2) is 14.5. The molecule has 0 radical (unpaired) electrons. The van der Waals surface area contributed by atoms with Gasteiger partial charge in [-0.3, -0.25) is 24.6 Å². The van der Waals surface area contributed by atoms with Gasteiger partial charge in [0.25, 0.3) is 5.91 Å². The number of fused-ring (bicyclic) bond motifs is 2. The molecule has 4 N–H and O–H groups in total. The highest BCUT2D eigenvalue weighted by Gasteiger charge is 2.39. The van der Waals surface area contributed by atoms with E-state index in [0.29, 0.717) is 47.5 Å². The van der Waals surface area contributed by atoms with Crippen molar-refractivity contribution in [2.24, 2.45) is 0 Å². The van der Waals surface area contributed by atoms with Crippen LogP contribution in [-0.2, 0) is 16.0 Å². The smallest absolute Gasteiger partial charge is 0.271 e. The number of benzene rings is 2. The summed E-state index contributed by atoms with van der Waals surface area (Å²) in [6.07, 6.45) is 4.66. The standard InChI is InChI=1S/C39H45ClFN11O3/c1-42-31-21-35(47-52-34(22-43-37(31)52)39(55)45-30-20-27(30)41)51-14-11-25-32(3-2-4-33(25)51)50-12-9-23(10-13-50)48-15-17-49(18-16-48)24-5-6-26(40)29(19-24)44-28-7-8-36(53)46-38(28)54/h2-6,19,21-23,27-28,30,42,44H,7-18,20H2,1H3,(H,45,55)(H,46,53,54)/t27-,28?,30+/m0/s1. The molecular formula is C39H45ClFN11O3. The maximum Gasteiger partial charge on any atom is 0.271 e. The predicted molar refractivity (Wildman–Crippen MR) is 211 cm³/mol. The molecule has 4 aromatic rings. The highest BCUT2D eigenvalue weighted by atomic mass is 35.5. The molecule has 2 aromatic heterocycles. The van der Waals surface area contributed by atoms with Crippen LogP contribution < -0.4 is 36.0 Å². The average Bonchev–Trinajstić information content (AvgIpc) is 3.52. The molecule has 0 bridgehead atoms. The zero-order chi connectivity index (χ0) is 37.8. The van der Waals surface area contributed by atoms with Crippen molar-refractivity contribution in [3.05, 3.63) is 64.9 Å². The second-order valence-corrected chi connectivity index (χ2v) is 15.5. The van der Waals surface area contributed by atoms with Crippen LogP contribution in [-0.4, -0.2) is 114 Å². The fourth-order valence-corrected chi connectivity index (χ4v) is 8.76. The third kappa shape index (κ3) is 6.88. The van der Waals surface area contributed by atoms with Crippen molar-refractivity contribution >= 4 is 69.2 Å². The number of nitrogens with zero attached hydrogens (tertiary/aromatic N) is 7. The van der Waals surface area contributed by atoms with Gasteiger partial charge in [0.05, 0.1) is 28.6 Å². The molecule has 0 spiro atoms. The lowest BCUT2D eigenvalue weighted by Gasteiger charge is -2.44. The van der Waals surface area contributed by atoms with Crippen molar-refractivity contribution in [1.82, 2.24) is 30.1 Å². The Hall–Kier alpha value is -5.15. The van der Waals surface area contributed by atoms with Gasteiger partial charge >= 0.3 is 0 Å². The number of carbonyl (C=O) groups is 3. The Labute approximate surface area is 323 Å². The Kier molecular flexibility index (Phi) is 9.37. The van der Waals surface area contributed by atoms with E-state index in [-0.39, 0.29) is 23.4 Å². The molecule has 4 fully saturated rings. The Morgan fingerprint density at radius 3 is 2.45 bits per heavy atom. The topological polar surface area (TPSA) is 142 Å². The third-order valence-electron chi connectivity index (χ3n) is 11.8. The summed E-state index contributed by atoms with van der Waals surface area (Å²) in [4.78, 5) is 51.1. The van der Waals surface area contributed by atoms with E-state index >= 15 is 0 Å². The number of halogens is 2. The zero-order valence-corrected chi connectivity index (χ0v) is 31.5. The van der Waals surface area contributed by atoms with Gasteiger partial charge < -0.3 is 30.7 Å². The van der Waals surface area contributed by atoms with Crippen molar-refractivity contribution in [1.29, 1.82) is 0 Å². The fourth-order valence-electron chi connectivity index (χ4n) is 8.59.